The van der Waals surface area contributed by atoms with E-state index < -0.39 is 0 Å². The quantitative estimate of drug-likeness (QED) is 0.772. The van der Waals surface area contributed by atoms with Crippen LogP contribution >= 0.6 is 0 Å². The highest BCUT2D eigenvalue weighted by Crippen LogP contribution is 2.31. The zero-order valence-electron chi connectivity index (χ0n) is 12.7. The van der Waals surface area contributed by atoms with Gasteiger partial charge in [-0.25, -0.2) is 4.79 Å². The van der Waals surface area contributed by atoms with E-state index in [0.29, 0.717) is 18.4 Å². The van der Waals surface area contributed by atoms with Gasteiger partial charge in [-0.05, 0) is 37.3 Å². The molecule has 2 atom stereocenters. The number of hydrogen-bond donors (Lipinski definition) is 0. The first-order chi connectivity index (χ1) is 9.63. The molecular weight excluding hydrogens is 250 g/mol. The van der Waals surface area contributed by atoms with Gasteiger partial charge in [0.1, 0.15) is 6.04 Å². The van der Waals surface area contributed by atoms with E-state index in [9.17, 15) is 4.79 Å². The second-order valence-electron chi connectivity index (χ2n) is 5.85. The molecule has 2 unspecified atom stereocenters. The van der Waals surface area contributed by atoms with Crippen LogP contribution in [0.5, 0.6) is 0 Å². The van der Waals surface area contributed by atoms with Crippen molar-refractivity contribution >= 4 is 5.97 Å². The predicted molar refractivity (Wildman–Crippen MR) is 80.3 cm³/mol. The Morgan fingerprint density at radius 2 is 2.05 bits per heavy atom. The number of ether oxygens (including phenoxy) is 1. The molecule has 0 aliphatic carbocycles. The number of hydrogen-bond acceptors (Lipinski definition) is 3. The van der Waals surface area contributed by atoms with Crippen molar-refractivity contribution in [2.45, 2.75) is 33.2 Å². The van der Waals surface area contributed by atoms with Gasteiger partial charge in [-0.2, -0.15) is 0 Å². The molecule has 3 heteroatoms. The van der Waals surface area contributed by atoms with Crippen molar-refractivity contribution in [1.29, 1.82) is 0 Å². The molecule has 0 radical (unpaired) electrons. The third-order valence-corrected chi connectivity index (χ3v) is 4.19. The lowest BCUT2D eigenvalue weighted by Crippen LogP contribution is -2.34. The second-order valence-corrected chi connectivity index (χ2v) is 5.85. The van der Waals surface area contributed by atoms with Crippen LogP contribution in [0.15, 0.2) is 30.3 Å². The minimum Gasteiger partial charge on any atom is -0.465 e. The fourth-order valence-corrected chi connectivity index (χ4v) is 2.95. The summed E-state index contributed by atoms with van der Waals surface area (Å²) in [5.74, 6) is 1.22. The Bertz CT molecular complexity index is 430. The molecule has 110 valence electrons. The van der Waals surface area contributed by atoms with Crippen LogP contribution in [-0.2, 0) is 9.53 Å². The summed E-state index contributed by atoms with van der Waals surface area (Å²) in [6, 6.07) is 9.73. The maximum atomic E-state index is 12.3. The maximum Gasteiger partial charge on any atom is 0.327 e. The van der Waals surface area contributed by atoms with Crippen LogP contribution < -0.4 is 0 Å². The van der Waals surface area contributed by atoms with Crippen molar-refractivity contribution in [1.82, 2.24) is 4.90 Å². The van der Waals surface area contributed by atoms with Gasteiger partial charge in [0.25, 0.3) is 0 Å². The van der Waals surface area contributed by atoms with E-state index >= 15 is 0 Å². The summed E-state index contributed by atoms with van der Waals surface area (Å²) < 4.78 is 5.29. The van der Waals surface area contributed by atoms with Crippen molar-refractivity contribution in [3.63, 3.8) is 0 Å². The van der Waals surface area contributed by atoms with E-state index in [0.717, 1.165) is 18.7 Å². The van der Waals surface area contributed by atoms with Crippen molar-refractivity contribution in [2.24, 2.45) is 11.8 Å². The smallest absolute Gasteiger partial charge is 0.327 e. The summed E-state index contributed by atoms with van der Waals surface area (Å²) in [7, 11) is 0. The van der Waals surface area contributed by atoms with Crippen molar-refractivity contribution < 1.29 is 9.53 Å². The highest BCUT2D eigenvalue weighted by atomic mass is 16.5. The second kappa shape index (κ2) is 6.89. The molecule has 0 aromatic heterocycles. The molecule has 2 rings (SSSR count). The van der Waals surface area contributed by atoms with E-state index in [2.05, 4.69) is 18.7 Å². The van der Waals surface area contributed by atoms with Gasteiger partial charge in [-0.1, -0.05) is 44.2 Å². The molecule has 0 bridgehead atoms. The molecule has 0 saturated carbocycles. The van der Waals surface area contributed by atoms with Crippen LogP contribution in [0.3, 0.4) is 0 Å². The van der Waals surface area contributed by atoms with Crippen LogP contribution in [-0.4, -0.2) is 30.6 Å². The van der Waals surface area contributed by atoms with E-state index in [1.165, 1.54) is 6.42 Å². The molecule has 1 aromatic carbocycles. The fraction of sp³-hybridized carbons (Fsp3) is 0.588. The summed E-state index contributed by atoms with van der Waals surface area (Å²) in [4.78, 5) is 14.6. The molecule has 0 amide bonds. The fourth-order valence-electron chi connectivity index (χ4n) is 2.95. The van der Waals surface area contributed by atoms with Gasteiger partial charge in [-0.15, -0.1) is 0 Å². The third-order valence-electron chi connectivity index (χ3n) is 4.19. The van der Waals surface area contributed by atoms with Gasteiger partial charge in [0, 0.05) is 6.54 Å². The number of rotatable bonds is 5. The maximum absolute atomic E-state index is 12.3. The van der Waals surface area contributed by atoms with Crippen molar-refractivity contribution in [3.05, 3.63) is 35.9 Å². The first-order valence-corrected chi connectivity index (χ1v) is 7.59. The topological polar surface area (TPSA) is 29.5 Å². The average molecular weight is 275 g/mol. The van der Waals surface area contributed by atoms with Gasteiger partial charge in [0.05, 0.1) is 6.61 Å². The highest BCUT2D eigenvalue weighted by Gasteiger charge is 2.35. The first kappa shape index (κ1) is 15.0. The molecule has 0 spiro atoms. The van der Waals surface area contributed by atoms with E-state index in [-0.39, 0.29) is 12.0 Å². The Morgan fingerprint density at radius 1 is 1.35 bits per heavy atom. The molecule has 1 aliphatic heterocycles. The molecule has 0 N–H and O–H groups in total. The van der Waals surface area contributed by atoms with Crippen LogP contribution in [0.2, 0.25) is 0 Å². The number of likely N-dealkylation sites (tertiary alicyclic amines) is 1. The van der Waals surface area contributed by atoms with Crippen molar-refractivity contribution in [3.8, 4) is 0 Å². The monoisotopic (exact) mass is 275 g/mol. The third kappa shape index (κ3) is 3.40. The van der Waals surface area contributed by atoms with E-state index in [1.54, 1.807) is 0 Å². The standard InChI is InChI=1S/C17H25NO2/c1-4-20-17(19)16(14-8-6-5-7-9-14)18-11-10-15(12-18)13(2)3/h5-9,13,15-16H,4,10-12H2,1-3H3. The van der Waals surface area contributed by atoms with E-state index in [1.807, 2.05) is 37.3 Å². The molecule has 1 saturated heterocycles. The van der Waals surface area contributed by atoms with Crippen LogP contribution in [0, 0.1) is 11.8 Å². The Labute approximate surface area is 121 Å². The van der Waals surface area contributed by atoms with Gasteiger partial charge in [0.2, 0.25) is 0 Å². The molecule has 1 aliphatic rings. The van der Waals surface area contributed by atoms with E-state index in [4.69, 9.17) is 4.74 Å². The van der Waals surface area contributed by atoms with Crippen LogP contribution in [0.4, 0.5) is 0 Å². The van der Waals surface area contributed by atoms with Crippen LogP contribution in [0.25, 0.3) is 0 Å². The molecule has 1 fully saturated rings. The van der Waals surface area contributed by atoms with Gasteiger partial charge < -0.3 is 4.74 Å². The normalized spacial score (nSPS) is 21.1. The minimum absolute atomic E-state index is 0.122. The molecule has 1 aromatic rings. The number of carbonyl (C=O) groups is 1. The Morgan fingerprint density at radius 3 is 2.60 bits per heavy atom. The lowest BCUT2D eigenvalue weighted by Gasteiger charge is -2.27. The Balaban J connectivity index is 2.18. The van der Waals surface area contributed by atoms with Gasteiger partial charge in [-0.3, -0.25) is 4.90 Å². The molecule has 1 heterocycles. The zero-order chi connectivity index (χ0) is 14.5. The minimum atomic E-state index is -0.250. The molecule has 3 nitrogen and oxygen atoms in total. The highest BCUT2D eigenvalue weighted by molar-refractivity contribution is 5.77. The largest absolute Gasteiger partial charge is 0.465 e. The first-order valence-electron chi connectivity index (χ1n) is 7.59. The number of esters is 1. The number of carbonyl (C=O) groups excluding carboxylic acids is 1. The SMILES string of the molecule is CCOC(=O)C(c1ccccc1)N1CCC(C(C)C)C1. The molecule has 20 heavy (non-hydrogen) atoms. The van der Waals surface area contributed by atoms with Crippen LogP contribution in [0.1, 0.15) is 38.8 Å². The summed E-state index contributed by atoms with van der Waals surface area (Å²) in [6.45, 7) is 8.77. The number of benzene rings is 1. The van der Waals surface area contributed by atoms with Gasteiger partial charge in [0.15, 0.2) is 0 Å². The average Bonchev–Trinajstić information content (AvgIpc) is 2.90. The van der Waals surface area contributed by atoms with Gasteiger partial charge >= 0.3 is 5.97 Å². The zero-order valence-corrected chi connectivity index (χ0v) is 12.7. The summed E-state index contributed by atoms with van der Waals surface area (Å²) in [5, 5.41) is 0. The van der Waals surface area contributed by atoms with Crippen molar-refractivity contribution in [2.75, 3.05) is 19.7 Å². The predicted octanol–water partition coefficient (Wildman–Crippen LogP) is 3.27. The summed E-state index contributed by atoms with van der Waals surface area (Å²) in [5.41, 5.74) is 1.04. The Kier molecular flexibility index (Phi) is 5.18. The summed E-state index contributed by atoms with van der Waals surface area (Å²) >= 11 is 0. The molecular formula is C17H25NO2. The summed E-state index contributed by atoms with van der Waals surface area (Å²) in [6.07, 6.45) is 1.17. The number of nitrogens with zero attached hydrogens (tertiary/aromatic N) is 1. The lowest BCUT2D eigenvalue weighted by atomic mass is 9.95. The lowest BCUT2D eigenvalue weighted by molar-refractivity contribution is -0.149. The Hall–Kier alpha value is -1.35.